The molecule has 0 unspecified atom stereocenters. The minimum absolute atomic E-state index is 0.778. The second-order valence-electron chi connectivity index (χ2n) is 1.51. The zero-order valence-electron chi connectivity index (χ0n) is 4.02. The molecule has 0 heterocycles. The van der Waals surface area contributed by atoms with Crippen molar-refractivity contribution in [2.24, 2.45) is 0 Å². The molecule has 0 aromatic heterocycles. The Bertz CT molecular complexity index is 138. The fourth-order valence-corrected chi connectivity index (χ4v) is 0.471. The van der Waals surface area contributed by atoms with Crippen LogP contribution in [-0.4, -0.2) is 0 Å². The summed E-state index contributed by atoms with van der Waals surface area (Å²) in [6.45, 7) is 9.03. The molecule has 0 amide bonds. The standard InChI is InChI=1S/C7H6/c1-6-4-3-5-7(6)2/h1,3-5H,2H2. The lowest BCUT2D eigenvalue weighted by Crippen LogP contribution is -1.69. The highest BCUT2D eigenvalue weighted by Crippen LogP contribution is 2.16. The van der Waals surface area contributed by atoms with E-state index in [2.05, 4.69) is 6.58 Å². The van der Waals surface area contributed by atoms with E-state index < -0.39 is 0 Å². The van der Waals surface area contributed by atoms with Crippen LogP contribution in [0.4, 0.5) is 0 Å². The topological polar surface area (TPSA) is 0 Å². The van der Waals surface area contributed by atoms with Crippen LogP contribution in [0.2, 0.25) is 0 Å². The van der Waals surface area contributed by atoms with E-state index >= 15 is 0 Å². The second kappa shape index (κ2) is 1.30. The first-order valence-corrected chi connectivity index (χ1v) is 2.14. The van der Waals surface area contributed by atoms with Crippen LogP contribution in [0.3, 0.4) is 0 Å². The Hall–Kier alpha value is -0.910. The van der Waals surface area contributed by atoms with Gasteiger partial charge in [-0.2, -0.15) is 0 Å². The van der Waals surface area contributed by atoms with E-state index in [-0.39, 0.29) is 0 Å². The molecule has 0 aromatic rings. The lowest BCUT2D eigenvalue weighted by molar-refractivity contribution is 1.61. The summed E-state index contributed by atoms with van der Waals surface area (Å²) in [5.74, 6) is 0. The Labute approximate surface area is 43.9 Å². The molecular formula is C7H6. The van der Waals surface area contributed by atoms with Crippen molar-refractivity contribution in [3.05, 3.63) is 42.9 Å². The fourth-order valence-electron chi connectivity index (χ4n) is 0.471. The number of rotatable bonds is 0. The Balaban J connectivity index is 2.81. The average molecular weight is 90.1 g/mol. The van der Waals surface area contributed by atoms with Crippen LogP contribution in [-0.2, 0) is 0 Å². The molecule has 0 fully saturated rings. The van der Waals surface area contributed by atoms with E-state index in [1.54, 1.807) is 0 Å². The Morgan fingerprint density at radius 1 is 1.71 bits per heavy atom. The van der Waals surface area contributed by atoms with Crippen LogP contribution in [0.5, 0.6) is 0 Å². The van der Waals surface area contributed by atoms with E-state index in [1.807, 2.05) is 18.6 Å². The summed E-state index contributed by atoms with van der Waals surface area (Å²) in [4.78, 5) is 0. The highest BCUT2D eigenvalue weighted by molar-refractivity contribution is 5.49. The minimum atomic E-state index is 0.778. The van der Waals surface area contributed by atoms with Crippen LogP contribution >= 0.6 is 0 Å². The zero-order valence-corrected chi connectivity index (χ0v) is 4.02. The average Bonchev–Trinajstić information content (AvgIpc) is 1.91. The quantitative estimate of drug-likeness (QED) is 0.397. The van der Waals surface area contributed by atoms with E-state index in [4.69, 9.17) is 6.58 Å². The number of hydrogen-bond donors (Lipinski definition) is 0. The van der Waals surface area contributed by atoms with Gasteiger partial charge >= 0.3 is 0 Å². The molecule has 1 aliphatic rings. The van der Waals surface area contributed by atoms with Crippen molar-refractivity contribution in [2.45, 2.75) is 0 Å². The van der Waals surface area contributed by atoms with Crippen molar-refractivity contribution in [1.82, 2.24) is 0 Å². The van der Waals surface area contributed by atoms with Gasteiger partial charge in [0, 0.05) is 0 Å². The van der Waals surface area contributed by atoms with Crippen LogP contribution in [0.15, 0.2) is 29.9 Å². The molecule has 0 aliphatic heterocycles. The molecule has 0 N–H and O–H groups in total. The third kappa shape index (κ3) is 0.588. The van der Waals surface area contributed by atoms with E-state index in [0.29, 0.717) is 0 Å². The van der Waals surface area contributed by atoms with Gasteiger partial charge in [0.2, 0.25) is 0 Å². The molecular weight excluding hydrogens is 84.1 g/mol. The third-order valence-corrected chi connectivity index (χ3v) is 0.944. The van der Waals surface area contributed by atoms with E-state index in [9.17, 15) is 0 Å². The number of hydrogen-bond acceptors (Lipinski definition) is 0. The van der Waals surface area contributed by atoms with Gasteiger partial charge in [-0.15, -0.1) is 0 Å². The van der Waals surface area contributed by atoms with E-state index in [1.165, 1.54) is 0 Å². The summed E-state index contributed by atoms with van der Waals surface area (Å²) in [5, 5.41) is 0. The predicted octanol–water partition coefficient (Wildman–Crippen LogP) is 1.68. The van der Waals surface area contributed by atoms with Crippen molar-refractivity contribution in [2.75, 3.05) is 0 Å². The van der Waals surface area contributed by atoms with Crippen LogP contribution < -0.4 is 0 Å². The molecule has 0 aromatic carbocycles. The monoisotopic (exact) mass is 90.0 g/mol. The fraction of sp³-hybridized carbons (Fsp3) is 0. The third-order valence-electron chi connectivity index (χ3n) is 0.944. The molecule has 0 saturated heterocycles. The minimum Gasteiger partial charge on any atom is -0.0912 e. The van der Waals surface area contributed by atoms with Crippen molar-refractivity contribution >= 4 is 0 Å². The Morgan fingerprint density at radius 3 is 2.57 bits per heavy atom. The maximum atomic E-state index is 5.38. The van der Waals surface area contributed by atoms with Crippen molar-refractivity contribution in [3.63, 3.8) is 0 Å². The van der Waals surface area contributed by atoms with E-state index in [0.717, 1.165) is 11.1 Å². The molecule has 7 heavy (non-hydrogen) atoms. The lowest BCUT2D eigenvalue weighted by atomic mass is 10.2. The van der Waals surface area contributed by atoms with Gasteiger partial charge in [0.1, 0.15) is 0 Å². The summed E-state index contributed by atoms with van der Waals surface area (Å²) < 4.78 is 0. The van der Waals surface area contributed by atoms with Gasteiger partial charge in [-0.25, -0.2) is 0 Å². The Morgan fingerprint density at radius 2 is 2.43 bits per heavy atom. The summed E-state index contributed by atoms with van der Waals surface area (Å²) in [5.41, 5.74) is 1.69. The Kier molecular flexibility index (Phi) is 0.791. The molecule has 0 atom stereocenters. The largest absolute Gasteiger partial charge is 0.0912 e. The molecule has 1 aliphatic carbocycles. The first kappa shape index (κ1) is 4.25. The van der Waals surface area contributed by atoms with Gasteiger partial charge in [0.25, 0.3) is 0 Å². The molecule has 0 radical (unpaired) electrons. The summed E-state index contributed by atoms with van der Waals surface area (Å²) in [7, 11) is 0. The molecule has 0 spiro atoms. The smallest absolute Gasteiger partial charge is 0.0190 e. The molecule has 0 nitrogen and oxygen atoms in total. The normalized spacial score (nSPS) is 17.7. The number of allylic oxidation sites excluding steroid dienone is 4. The summed E-state index contributed by atoms with van der Waals surface area (Å²) in [6, 6.07) is 0. The maximum absolute atomic E-state index is 5.38. The zero-order chi connectivity index (χ0) is 5.28. The highest BCUT2D eigenvalue weighted by Gasteiger charge is 1.99. The molecule has 0 heteroatoms. The molecule has 34 valence electrons. The second-order valence-corrected chi connectivity index (χ2v) is 1.51. The van der Waals surface area contributed by atoms with Crippen molar-refractivity contribution < 1.29 is 0 Å². The SMILES string of the molecule is [CH-]=C1[CH+]C=CC1=C. The van der Waals surface area contributed by atoms with Crippen LogP contribution in [0, 0.1) is 13.0 Å². The van der Waals surface area contributed by atoms with Crippen LogP contribution in [0.25, 0.3) is 0 Å². The van der Waals surface area contributed by atoms with Crippen LogP contribution in [0.1, 0.15) is 0 Å². The van der Waals surface area contributed by atoms with Gasteiger partial charge in [-0.05, 0) is 11.1 Å². The molecule has 0 bridgehead atoms. The maximum Gasteiger partial charge on any atom is -0.0190 e. The molecule has 1 rings (SSSR count). The van der Waals surface area contributed by atoms with Crippen molar-refractivity contribution in [3.8, 4) is 0 Å². The molecule has 0 saturated carbocycles. The van der Waals surface area contributed by atoms with Gasteiger partial charge in [0.15, 0.2) is 0 Å². The first-order chi connectivity index (χ1) is 3.30. The first-order valence-electron chi connectivity index (χ1n) is 2.14. The summed E-state index contributed by atoms with van der Waals surface area (Å²) in [6.07, 6.45) is 5.61. The predicted molar refractivity (Wildman–Crippen MR) is 30.4 cm³/mol. The van der Waals surface area contributed by atoms with Gasteiger partial charge in [0.05, 0.1) is 0 Å². The highest BCUT2D eigenvalue weighted by atomic mass is 14.0. The van der Waals surface area contributed by atoms with Gasteiger partial charge in [-0.1, -0.05) is 31.7 Å². The van der Waals surface area contributed by atoms with Gasteiger partial charge in [-0.3, -0.25) is 0 Å². The lowest BCUT2D eigenvalue weighted by Gasteiger charge is -1.87. The van der Waals surface area contributed by atoms with Crippen molar-refractivity contribution in [1.29, 1.82) is 0 Å². The summed E-state index contributed by atoms with van der Waals surface area (Å²) >= 11 is 0. The van der Waals surface area contributed by atoms with Gasteiger partial charge < -0.3 is 0 Å².